The Morgan fingerprint density at radius 1 is 1.42 bits per heavy atom. The van der Waals surface area contributed by atoms with Gasteiger partial charge in [-0.2, -0.15) is 0 Å². The van der Waals surface area contributed by atoms with E-state index in [1.54, 1.807) is 22.9 Å². The van der Waals surface area contributed by atoms with Crippen LogP contribution >= 0.6 is 0 Å². The van der Waals surface area contributed by atoms with E-state index in [1.807, 2.05) is 24.3 Å². The first-order valence-electron chi connectivity index (χ1n) is 7.79. The number of likely N-dealkylation sites (tertiary alicyclic amines) is 1. The number of fused-ring (bicyclic) bond motifs is 1. The molecule has 0 radical (unpaired) electrons. The van der Waals surface area contributed by atoms with E-state index in [-0.39, 0.29) is 12.0 Å². The van der Waals surface area contributed by atoms with Gasteiger partial charge in [0.15, 0.2) is 11.3 Å². The van der Waals surface area contributed by atoms with Crippen LogP contribution in [-0.2, 0) is 11.3 Å². The van der Waals surface area contributed by atoms with Gasteiger partial charge < -0.3 is 14.1 Å². The Balaban J connectivity index is 1.47. The number of rotatable bonds is 4. The Bertz CT molecular complexity index is 838. The van der Waals surface area contributed by atoms with Crippen LogP contribution in [-0.4, -0.2) is 57.1 Å². The fourth-order valence-electron chi connectivity index (χ4n) is 2.87. The van der Waals surface area contributed by atoms with Gasteiger partial charge in [0.1, 0.15) is 12.1 Å². The molecule has 3 aromatic rings. The van der Waals surface area contributed by atoms with Crippen LogP contribution in [0.4, 0.5) is 0 Å². The van der Waals surface area contributed by atoms with Crippen molar-refractivity contribution in [2.24, 2.45) is 0 Å². The van der Waals surface area contributed by atoms with Crippen molar-refractivity contribution in [1.82, 2.24) is 24.9 Å². The number of hydrogen-bond donors (Lipinski definition) is 0. The summed E-state index contributed by atoms with van der Waals surface area (Å²) in [4.78, 5) is 18.6. The molecule has 1 amide bonds. The number of nitrogens with zero attached hydrogens (tertiary/aromatic N) is 5. The van der Waals surface area contributed by atoms with E-state index < -0.39 is 0 Å². The highest BCUT2D eigenvalue weighted by Gasteiger charge is 2.28. The van der Waals surface area contributed by atoms with Gasteiger partial charge in [0.2, 0.25) is 5.89 Å². The number of methoxy groups -OCH3 is 1. The molecule has 1 aromatic carbocycles. The zero-order chi connectivity index (χ0) is 16.5. The van der Waals surface area contributed by atoms with E-state index in [1.165, 1.54) is 0 Å². The molecule has 1 saturated heterocycles. The predicted octanol–water partition coefficient (Wildman–Crippen LogP) is 1.33. The number of aromatic nitrogens is 4. The normalized spacial score (nSPS) is 17.7. The summed E-state index contributed by atoms with van der Waals surface area (Å²) in [6, 6.07) is 7.55. The van der Waals surface area contributed by atoms with E-state index in [9.17, 15) is 4.79 Å². The average Bonchev–Trinajstić information content (AvgIpc) is 3.33. The molecule has 0 spiro atoms. The van der Waals surface area contributed by atoms with Crippen molar-refractivity contribution in [2.75, 3.05) is 20.2 Å². The fraction of sp³-hybridized carbons (Fsp3) is 0.375. The molecule has 0 bridgehead atoms. The highest BCUT2D eigenvalue weighted by Crippen LogP contribution is 2.16. The Morgan fingerprint density at radius 2 is 2.29 bits per heavy atom. The van der Waals surface area contributed by atoms with Crippen LogP contribution < -0.4 is 0 Å². The molecule has 0 saturated carbocycles. The molecule has 124 valence electrons. The summed E-state index contributed by atoms with van der Waals surface area (Å²) in [6.07, 6.45) is 2.57. The van der Waals surface area contributed by atoms with Gasteiger partial charge in [-0.1, -0.05) is 17.3 Å². The van der Waals surface area contributed by atoms with Gasteiger partial charge >= 0.3 is 0 Å². The Hall–Kier alpha value is -2.74. The number of amides is 1. The van der Waals surface area contributed by atoms with Crippen molar-refractivity contribution in [1.29, 1.82) is 0 Å². The van der Waals surface area contributed by atoms with Crippen LogP contribution in [0.15, 0.2) is 34.9 Å². The monoisotopic (exact) mass is 327 g/mol. The molecule has 0 N–H and O–H groups in total. The summed E-state index contributed by atoms with van der Waals surface area (Å²) in [5, 5.41) is 7.97. The lowest BCUT2D eigenvalue weighted by Gasteiger charge is -2.13. The highest BCUT2D eigenvalue weighted by atomic mass is 16.5. The third-order valence-electron chi connectivity index (χ3n) is 4.16. The lowest BCUT2D eigenvalue weighted by atomic mass is 10.3. The maximum Gasteiger partial charge on any atom is 0.276 e. The summed E-state index contributed by atoms with van der Waals surface area (Å²) in [5.74, 6) is 0.402. The van der Waals surface area contributed by atoms with Crippen molar-refractivity contribution in [3.8, 4) is 0 Å². The zero-order valence-corrected chi connectivity index (χ0v) is 13.3. The number of ether oxygens (including phenoxy) is 1. The number of benzene rings is 1. The second-order valence-corrected chi connectivity index (χ2v) is 5.77. The van der Waals surface area contributed by atoms with E-state index >= 15 is 0 Å². The first-order chi connectivity index (χ1) is 11.7. The fourth-order valence-corrected chi connectivity index (χ4v) is 2.87. The van der Waals surface area contributed by atoms with Crippen LogP contribution in [0.2, 0.25) is 0 Å². The minimum absolute atomic E-state index is 0.101. The number of para-hydroxylation sites is 2. The lowest BCUT2D eigenvalue weighted by molar-refractivity contribution is 0.0719. The molecule has 4 rings (SSSR count). The smallest absolute Gasteiger partial charge is 0.276 e. The second kappa shape index (κ2) is 6.04. The van der Waals surface area contributed by atoms with Gasteiger partial charge in [-0.3, -0.25) is 4.79 Å². The first kappa shape index (κ1) is 14.8. The van der Waals surface area contributed by atoms with Crippen LogP contribution in [0, 0.1) is 0 Å². The van der Waals surface area contributed by atoms with E-state index in [4.69, 9.17) is 9.15 Å². The molecule has 1 aliphatic heterocycles. The Kier molecular flexibility index (Phi) is 3.73. The number of carbonyl (C=O) groups is 1. The largest absolute Gasteiger partial charge is 0.439 e. The second-order valence-electron chi connectivity index (χ2n) is 5.77. The first-order valence-corrected chi connectivity index (χ1v) is 7.79. The number of carbonyl (C=O) groups excluding carboxylic acids is 1. The average molecular weight is 327 g/mol. The molecular formula is C16H17N5O3. The molecule has 24 heavy (non-hydrogen) atoms. The van der Waals surface area contributed by atoms with Crippen LogP contribution in [0.1, 0.15) is 22.8 Å². The molecule has 8 heteroatoms. The molecule has 1 fully saturated rings. The molecule has 3 heterocycles. The molecule has 0 aliphatic carbocycles. The maximum atomic E-state index is 12.4. The number of hydrogen-bond acceptors (Lipinski definition) is 6. The zero-order valence-electron chi connectivity index (χ0n) is 13.3. The summed E-state index contributed by atoms with van der Waals surface area (Å²) in [5.41, 5.74) is 1.85. The van der Waals surface area contributed by atoms with Crippen molar-refractivity contribution in [3.05, 3.63) is 42.0 Å². The molecular weight excluding hydrogens is 310 g/mol. The van der Waals surface area contributed by atoms with Gasteiger partial charge in [-0.15, -0.1) is 5.10 Å². The maximum absolute atomic E-state index is 12.4. The molecule has 1 unspecified atom stereocenters. The van der Waals surface area contributed by atoms with Crippen molar-refractivity contribution >= 4 is 17.0 Å². The molecule has 1 aliphatic rings. The topological polar surface area (TPSA) is 86.3 Å². The van der Waals surface area contributed by atoms with Crippen LogP contribution in [0.3, 0.4) is 0 Å². The van der Waals surface area contributed by atoms with Gasteiger partial charge in [-0.05, 0) is 18.6 Å². The minimum atomic E-state index is -0.127. The van der Waals surface area contributed by atoms with Gasteiger partial charge in [0.05, 0.1) is 12.3 Å². The van der Waals surface area contributed by atoms with Crippen molar-refractivity contribution < 1.29 is 13.9 Å². The molecule has 2 aromatic heterocycles. The predicted molar refractivity (Wildman–Crippen MR) is 84.5 cm³/mol. The highest BCUT2D eigenvalue weighted by molar-refractivity contribution is 5.92. The Labute approximate surface area is 138 Å². The minimum Gasteiger partial charge on any atom is -0.439 e. The summed E-state index contributed by atoms with van der Waals surface area (Å²) in [6.45, 7) is 1.60. The van der Waals surface area contributed by atoms with Crippen molar-refractivity contribution in [2.45, 2.75) is 19.1 Å². The SMILES string of the molecule is COC1CCN(C(=O)c2cn(Cc3nc4ccccc4o3)nn2)C1. The van der Waals surface area contributed by atoms with Crippen molar-refractivity contribution in [3.63, 3.8) is 0 Å². The summed E-state index contributed by atoms with van der Waals surface area (Å²) in [7, 11) is 1.66. The van der Waals surface area contributed by atoms with Gasteiger partial charge in [0.25, 0.3) is 5.91 Å². The summed E-state index contributed by atoms with van der Waals surface area (Å²) < 4.78 is 12.5. The third kappa shape index (κ3) is 2.76. The lowest BCUT2D eigenvalue weighted by Crippen LogP contribution is -2.30. The number of oxazole rings is 1. The van der Waals surface area contributed by atoms with Crippen LogP contribution in [0.5, 0.6) is 0 Å². The Morgan fingerprint density at radius 3 is 3.08 bits per heavy atom. The van der Waals surface area contributed by atoms with Gasteiger partial charge in [-0.25, -0.2) is 9.67 Å². The molecule has 1 atom stereocenters. The summed E-state index contributed by atoms with van der Waals surface area (Å²) >= 11 is 0. The van der Waals surface area contributed by atoms with Gasteiger partial charge in [0, 0.05) is 20.2 Å². The van der Waals surface area contributed by atoms with E-state index in [2.05, 4.69) is 15.3 Å². The molecule has 8 nitrogen and oxygen atoms in total. The van der Waals surface area contributed by atoms with E-state index in [0.717, 1.165) is 17.5 Å². The quantitative estimate of drug-likeness (QED) is 0.718. The standard InChI is InChI=1S/C16H17N5O3/c1-23-11-6-7-20(8-11)16(22)13-9-21(19-18-13)10-15-17-12-4-2-3-5-14(12)24-15/h2-5,9,11H,6-8,10H2,1H3. The van der Waals surface area contributed by atoms with E-state index in [0.29, 0.717) is 31.2 Å². The van der Waals surface area contributed by atoms with Crippen LogP contribution in [0.25, 0.3) is 11.1 Å². The third-order valence-corrected chi connectivity index (χ3v) is 4.16.